The average molecular weight is 207 g/mol. The van der Waals surface area contributed by atoms with Crippen molar-refractivity contribution in [2.75, 3.05) is 5.32 Å². The summed E-state index contributed by atoms with van der Waals surface area (Å²) in [5.74, 6) is 0.813. The summed E-state index contributed by atoms with van der Waals surface area (Å²) in [7, 11) is 0. The minimum Gasteiger partial charge on any atom is -0.365 e. The van der Waals surface area contributed by atoms with Gasteiger partial charge in [-0.05, 0) is 24.5 Å². The molecular formula is C8H9N5S. The van der Waals surface area contributed by atoms with E-state index in [4.69, 9.17) is 0 Å². The highest BCUT2D eigenvalue weighted by Gasteiger charge is 2.02. The first kappa shape index (κ1) is 9.01. The van der Waals surface area contributed by atoms with Crippen LogP contribution in [-0.4, -0.2) is 19.6 Å². The molecule has 0 fully saturated rings. The number of aryl methyl sites for hydroxylation is 1. The van der Waals surface area contributed by atoms with Crippen LogP contribution in [0.1, 0.15) is 10.6 Å². The third-order valence-corrected chi connectivity index (χ3v) is 2.58. The maximum absolute atomic E-state index is 4.05. The predicted octanol–water partition coefficient (Wildman–Crippen LogP) is 1.25. The van der Waals surface area contributed by atoms with Crippen LogP contribution >= 0.6 is 11.5 Å². The highest BCUT2D eigenvalue weighted by atomic mass is 32.1. The number of rotatable bonds is 3. The van der Waals surface area contributed by atoms with E-state index >= 15 is 0 Å². The van der Waals surface area contributed by atoms with Crippen LogP contribution in [0.25, 0.3) is 0 Å². The lowest BCUT2D eigenvalue weighted by molar-refractivity contribution is 1.04. The fourth-order valence-corrected chi connectivity index (χ4v) is 1.55. The summed E-state index contributed by atoms with van der Waals surface area (Å²) in [5, 5.41) is 7.09. The van der Waals surface area contributed by atoms with Crippen LogP contribution in [0.15, 0.2) is 18.6 Å². The van der Waals surface area contributed by atoms with Gasteiger partial charge in [-0.25, -0.2) is 9.97 Å². The van der Waals surface area contributed by atoms with Crippen LogP contribution in [0.4, 0.5) is 5.82 Å². The van der Waals surface area contributed by atoms with Crippen molar-refractivity contribution in [3.63, 3.8) is 0 Å². The van der Waals surface area contributed by atoms with Crippen molar-refractivity contribution in [3.8, 4) is 0 Å². The topological polar surface area (TPSA) is 63.6 Å². The molecule has 14 heavy (non-hydrogen) atoms. The maximum atomic E-state index is 4.05. The Balaban J connectivity index is 1.99. The Morgan fingerprint density at radius 1 is 1.50 bits per heavy atom. The molecule has 6 heteroatoms. The van der Waals surface area contributed by atoms with Crippen molar-refractivity contribution in [2.45, 2.75) is 13.5 Å². The van der Waals surface area contributed by atoms with E-state index in [2.05, 4.69) is 24.9 Å². The SMILES string of the molecule is Cc1nnsc1CNc1ccncn1. The van der Waals surface area contributed by atoms with Crippen molar-refractivity contribution in [1.82, 2.24) is 19.6 Å². The highest BCUT2D eigenvalue weighted by Crippen LogP contribution is 2.10. The van der Waals surface area contributed by atoms with Gasteiger partial charge in [-0.15, -0.1) is 5.10 Å². The monoisotopic (exact) mass is 207 g/mol. The standard InChI is InChI=1S/C8H9N5S/c1-6-7(14-13-12-6)4-10-8-2-3-9-5-11-8/h2-3,5H,4H2,1H3,(H,9,10,11). The minimum absolute atomic E-state index is 0.709. The molecule has 5 nitrogen and oxygen atoms in total. The molecule has 0 radical (unpaired) electrons. The molecule has 0 amide bonds. The van der Waals surface area contributed by atoms with Crippen LogP contribution in [0.2, 0.25) is 0 Å². The Bertz CT molecular complexity index is 399. The second-order valence-electron chi connectivity index (χ2n) is 2.73. The average Bonchev–Trinajstić information content (AvgIpc) is 2.63. The molecule has 72 valence electrons. The molecule has 0 unspecified atom stereocenters. The summed E-state index contributed by atoms with van der Waals surface area (Å²) in [6, 6.07) is 1.82. The molecule has 2 aromatic rings. The molecule has 0 aromatic carbocycles. The van der Waals surface area contributed by atoms with E-state index < -0.39 is 0 Å². The molecule has 0 atom stereocenters. The van der Waals surface area contributed by atoms with Crippen LogP contribution in [0.5, 0.6) is 0 Å². The summed E-state index contributed by atoms with van der Waals surface area (Å²) in [4.78, 5) is 9.01. The van der Waals surface area contributed by atoms with Gasteiger partial charge in [0, 0.05) is 6.20 Å². The molecule has 0 saturated heterocycles. The van der Waals surface area contributed by atoms with E-state index in [1.165, 1.54) is 17.9 Å². The molecule has 2 heterocycles. The molecule has 0 bridgehead atoms. The molecule has 0 aliphatic carbocycles. The van der Waals surface area contributed by atoms with Gasteiger partial charge in [0.15, 0.2) is 0 Å². The Morgan fingerprint density at radius 2 is 2.43 bits per heavy atom. The molecule has 0 aliphatic rings. The lowest BCUT2D eigenvalue weighted by Crippen LogP contribution is -2.00. The molecule has 2 rings (SSSR count). The second kappa shape index (κ2) is 4.10. The third-order valence-electron chi connectivity index (χ3n) is 1.76. The number of nitrogens with zero attached hydrogens (tertiary/aromatic N) is 4. The first-order chi connectivity index (χ1) is 6.86. The zero-order valence-corrected chi connectivity index (χ0v) is 8.45. The van der Waals surface area contributed by atoms with Crippen LogP contribution in [0, 0.1) is 6.92 Å². The zero-order chi connectivity index (χ0) is 9.80. The van der Waals surface area contributed by atoms with E-state index in [0.29, 0.717) is 6.54 Å². The number of anilines is 1. The largest absolute Gasteiger partial charge is 0.365 e. The molecule has 1 N–H and O–H groups in total. The second-order valence-corrected chi connectivity index (χ2v) is 3.57. The van der Waals surface area contributed by atoms with Gasteiger partial charge < -0.3 is 5.32 Å². The Labute approximate surface area is 85.4 Å². The molecule has 0 saturated carbocycles. The Hall–Kier alpha value is -1.56. The summed E-state index contributed by atoms with van der Waals surface area (Å²) < 4.78 is 3.85. The lowest BCUT2D eigenvalue weighted by atomic mass is 10.4. The van der Waals surface area contributed by atoms with E-state index in [1.54, 1.807) is 6.20 Å². The van der Waals surface area contributed by atoms with Crippen LogP contribution in [-0.2, 0) is 6.54 Å². The van der Waals surface area contributed by atoms with Crippen molar-refractivity contribution in [3.05, 3.63) is 29.2 Å². The molecular weight excluding hydrogens is 198 g/mol. The van der Waals surface area contributed by atoms with Gasteiger partial charge in [0.25, 0.3) is 0 Å². The van der Waals surface area contributed by atoms with Gasteiger partial charge in [0.05, 0.1) is 17.1 Å². The van der Waals surface area contributed by atoms with E-state index in [0.717, 1.165) is 16.4 Å². The maximum Gasteiger partial charge on any atom is 0.129 e. The number of hydrogen-bond acceptors (Lipinski definition) is 6. The Kier molecular flexibility index (Phi) is 2.64. The molecule has 0 spiro atoms. The Morgan fingerprint density at radius 3 is 3.07 bits per heavy atom. The first-order valence-electron chi connectivity index (χ1n) is 4.14. The first-order valence-corrected chi connectivity index (χ1v) is 4.91. The predicted molar refractivity (Wildman–Crippen MR) is 54.0 cm³/mol. The van der Waals surface area contributed by atoms with Gasteiger partial charge >= 0.3 is 0 Å². The number of aromatic nitrogens is 4. The third kappa shape index (κ3) is 2.02. The van der Waals surface area contributed by atoms with Gasteiger partial charge in [0.2, 0.25) is 0 Å². The number of hydrogen-bond donors (Lipinski definition) is 1. The smallest absolute Gasteiger partial charge is 0.129 e. The van der Waals surface area contributed by atoms with E-state index in [1.807, 2.05) is 13.0 Å². The number of nitrogens with one attached hydrogen (secondary N) is 1. The summed E-state index contributed by atoms with van der Waals surface area (Å²) in [6.45, 7) is 2.65. The van der Waals surface area contributed by atoms with Crippen molar-refractivity contribution < 1.29 is 0 Å². The van der Waals surface area contributed by atoms with Crippen LogP contribution in [0.3, 0.4) is 0 Å². The van der Waals surface area contributed by atoms with Gasteiger partial charge in [-0.2, -0.15) is 0 Å². The van der Waals surface area contributed by atoms with E-state index in [-0.39, 0.29) is 0 Å². The van der Waals surface area contributed by atoms with Crippen molar-refractivity contribution in [2.24, 2.45) is 0 Å². The summed E-state index contributed by atoms with van der Waals surface area (Å²) in [6.07, 6.45) is 3.22. The summed E-state index contributed by atoms with van der Waals surface area (Å²) in [5.41, 5.74) is 0.969. The van der Waals surface area contributed by atoms with Gasteiger partial charge in [-0.3, -0.25) is 0 Å². The fourth-order valence-electron chi connectivity index (χ4n) is 0.979. The van der Waals surface area contributed by atoms with Crippen molar-refractivity contribution in [1.29, 1.82) is 0 Å². The fraction of sp³-hybridized carbons (Fsp3) is 0.250. The summed E-state index contributed by atoms with van der Waals surface area (Å²) >= 11 is 1.40. The minimum atomic E-state index is 0.709. The van der Waals surface area contributed by atoms with Gasteiger partial charge in [-0.1, -0.05) is 4.49 Å². The molecule has 0 aliphatic heterocycles. The molecule has 2 aromatic heterocycles. The van der Waals surface area contributed by atoms with E-state index in [9.17, 15) is 0 Å². The normalized spacial score (nSPS) is 10.1. The van der Waals surface area contributed by atoms with Gasteiger partial charge in [0.1, 0.15) is 12.1 Å². The van der Waals surface area contributed by atoms with Crippen LogP contribution < -0.4 is 5.32 Å². The highest BCUT2D eigenvalue weighted by molar-refractivity contribution is 7.05. The quantitative estimate of drug-likeness (QED) is 0.820. The lowest BCUT2D eigenvalue weighted by Gasteiger charge is -2.01. The van der Waals surface area contributed by atoms with Crippen molar-refractivity contribution >= 4 is 17.4 Å². The zero-order valence-electron chi connectivity index (χ0n) is 7.64.